The van der Waals surface area contributed by atoms with Crippen LogP contribution in [0.4, 0.5) is 5.69 Å². The first-order chi connectivity index (χ1) is 10.0. The minimum Gasteiger partial charge on any atom is -0.479 e. The molecule has 8 heteroatoms. The van der Waals surface area contributed by atoms with Crippen LogP contribution < -0.4 is 10.6 Å². The fraction of sp³-hybridized carbons (Fsp3) is 0.231. The maximum absolute atomic E-state index is 11.5. The van der Waals surface area contributed by atoms with Crippen LogP contribution in [0.1, 0.15) is 22.1 Å². The highest BCUT2D eigenvalue weighted by molar-refractivity contribution is 5.93. The molecule has 0 bridgehead atoms. The van der Waals surface area contributed by atoms with Crippen molar-refractivity contribution in [1.82, 2.24) is 20.1 Å². The number of aryl methyl sites for hydroxylation is 1. The molecular formula is C13H15N5O3. The number of nitrogens with zero attached hydrogens (tertiary/aromatic N) is 3. The lowest BCUT2D eigenvalue weighted by Crippen LogP contribution is -2.22. The lowest BCUT2D eigenvalue weighted by atomic mass is 10.1. The third-order valence-electron chi connectivity index (χ3n) is 2.84. The minimum atomic E-state index is -1.04. The van der Waals surface area contributed by atoms with Crippen molar-refractivity contribution < 1.29 is 14.7 Å². The van der Waals surface area contributed by atoms with E-state index in [9.17, 15) is 14.7 Å². The van der Waals surface area contributed by atoms with Gasteiger partial charge in [-0.2, -0.15) is 5.10 Å². The molecule has 0 saturated heterocycles. The van der Waals surface area contributed by atoms with Crippen LogP contribution in [-0.2, 0) is 11.8 Å². The smallest absolute Gasteiger partial charge is 0.330 e. The molecule has 8 nitrogen and oxygen atoms in total. The number of hydrogen-bond acceptors (Lipinski definition) is 5. The normalized spacial score (nSPS) is 11.7. The maximum atomic E-state index is 11.5. The Balaban J connectivity index is 2.25. The molecule has 0 aliphatic heterocycles. The number of carboxylic acids is 1. The zero-order valence-electron chi connectivity index (χ0n) is 11.6. The standard InChI is InChI=1S/C13H15N5O3/c1-14-12(19)10-5-9(3-4-15-10)17-11(13(20)21)8-6-16-18(2)7-8/h3-7,11H,1-2H3,(H,14,19)(H,15,17)(H,20,21). The molecule has 2 aromatic heterocycles. The lowest BCUT2D eigenvalue weighted by Gasteiger charge is -2.14. The summed E-state index contributed by atoms with van der Waals surface area (Å²) in [6, 6.07) is 2.13. The summed E-state index contributed by atoms with van der Waals surface area (Å²) in [5.74, 6) is -1.38. The Bertz CT molecular complexity index is 667. The Labute approximate surface area is 120 Å². The summed E-state index contributed by atoms with van der Waals surface area (Å²) < 4.78 is 1.52. The zero-order chi connectivity index (χ0) is 15.4. The molecule has 110 valence electrons. The Hall–Kier alpha value is -2.90. The predicted molar refractivity (Wildman–Crippen MR) is 74.8 cm³/mol. The summed E-state index contributed by atoms with van der Waals surface area (Å²) in [5.41, 5.74) is 1.21. The number of aromatic nitrogens is 3. The van der Waals surface area contributed by atoms with Crippen molar-refractivity contribution >= 4 is 17.6 Å². The molecule has 1 atom stereocenters. The number of amides is 1. The van der Waals surface area contributed by atoms with E-state index in [4.69, 9.17) is 0 Å². The first-order valence-electron chi connectivity index (χ1n) is 6.17. The molecule has 0 aromatic carbocycles. The van der Waals surface area contributed by atoms with Gasteiger partial charge in [-0.05, 0) is 12.1 Å². The topological polar surface area (TPSA) is 109 Å². The van der Waals surface area contributed by atoms with Crippen LogP contribution in [0.2, 0.25) is 0 Å². The van der Waals surface area contributed by atoms with Gasteiger partial charge in [0.05, 0.1) is 6.20 Å². The molecule has 2 aromatic rings. The number of carbonyl (C=O) groups is 2. The predicted octanol–water partition coefficient (Wildman–Crippen LogP) is 0.412. The van der Waals surface area contributed by atoms with E-state index in [-0.39, 0.29) is 11.6 Å². The van der Waals surface area contributed by atoms with Crippen LogP contribution in [0.3, 0.4) is 0 Å². The van der Waals surface area contributed by atoms with E-state index in [1.807, 2.05) is 0 Å². The molecular weight excluding hydrogens is 274 g/mol. The van der Waals surface area contributed by atoms with Crippen LogP contribution >= 0.6 is 0 Å². The Kier molecular flexibility index (Phi) is 4.17. The largest absolute Gasteiger partial charge is 0.479 e. The van der Waals surface area contributed by atoms with Gasteiger partial charge >= 0.3 is 5.97 Å². The molecule has 1 amide bonds. The second-order valence-electron chi connectivity index (χ2n) is 4.37. The van der Waals surface area contributed by atoms with E-state index >= 15 is 0 Å². The number of carbonyl (C=O) groups excluding carboxylic acids is 1. The van der Waals surface area contributed by atoms with Gasteiger partial charge in [0, 0.05) is 37.7 Å². The van der Waals surface area contributed by atoms with Gasteiger partial charge in [0.25, 0.3) is 5.91 Å². The molecule has 0 saturated carbocycles. The Morgan fingerprint density at radius 1 is 1.43 bits per heavy atom. The van der Waals surface area contributed by atoms with E-state index in [2.05, 4.69) is 20.7 Å². The van der Waals surface area contributed by atoms with Gasteiger partial charge in [-0.1, -0.05) is 0 Å². The molecule has 2 heterocycles. The van der Waals surface area contributed by atoms with Crippen molar-refractivity contribution in [2.24, 2.45) is 7.05 Å². The summed E-state index contributed by atoms with van der Waals surface area (Å²) >= 11 is 0. The van der Waals surface area contributed by atoms with Gasteiger partial charge < -0.3 is 15.7 Å². The van der Waals surface area contributed by atoms with E-state index in [1.165, 1.54) is 30.2 Å². The number of aliphatic carboxylic acids is 1. The monoisotopic (exact) mass is 289 g/mol. The number of pyridine rings is 1. The molecule has 0 aliphatic rings. The van der Waals surface area contributed by atoms with Crippen LogP contribution in [0.5, 0.6) is 0 Å². The summed E-state index contributed by atoms with van der Waals surface area (Å²) in [7, 11) is 3.21. The van der Waals surface area contributed by atoms with Crippen molar-refractivity contribution in [2.45, 2.75) is 6.04 Å². The number of nitrogens with one attached hydrogen (secondary N) is 2. The fourth-order valence-electron chi connectivity index (χ4n) is 1.82. The molecule has 0 fully saturated rings. The van der Waals surface area contributed by atoms with Gasteiger partial charge in [-0.3, -0.25) is 14.5 Å². The van der Waals surface area contributed by atoms with Crippen molar-refractivity contribution in [3.05, 3.63) is 42.0 Å². The molecule has 2 rings (SSSR count). The molecule has 0 spiro atoms. The molecule has 0 radical (unpaired) electrons. The van der Waals surface area contributed by atoms with Crippen molar-refractivity contribution in [1.29, 1.82) is 0 Å². The van der Waals surface area contributed by atoms with E-state index in [0.717, 1.165) is 0 Å². The van der Waals surface area contributed by atoms with Crippen LogP contribution in [-0.4, -0.2) is 38.8 Å². The van der Waals surface area contributed by atoms with Crippen LogP contribution in [0.15, 0.2) is 30.7 Å². The minimum absolute atomic E-state index is 0.206. The molecule has 3 N–H and O–H groups in total. The highest BCUT2D eigenvalue weighted by atomic mass is 16.4. The highest BCUT2D eigenvalue weighted by Gasteiger charge is 2.21. The number of hydrogen-bond donors (Lipinski definition) is 3. The van der Waals surface area contributed by atoms with Crippen LogP contribution in [0.25, 0.3) is 0 Å². The molecule has 1 unspecified atom stereocenters. The second kappa shape index (κ2) is 6.04. The average molecular weight is 289 g/mol. The summed E-state index contributed by atoms with van der Waals surface area (Å²) in [5, 5.41) is 18.6. The summed E-state index contributed by atoms with van der Waals surface area (Å²) in [6.45, 7) is 0. The first kappa shape index (κ1) is 14.5. The number of carboxylic acid groups (broad SMARTS) is 1. The first-order valence-corrected chi connectivity index (χ1v) is 6.17. The van der Waals surface area contributed by atoms with E-state index < -0.39 is 12.0 Å². The molecule has 0 aliphatic carbocycles. The van der Waals surface area contributed by atoms with Gasteiger partial charge in [0.15, 0.2) is 6.04 Å². The average Bonchev–Trinajstić information content (AvgIpc) is 2.90. The maximum Gasteiger partial charge on any atom is 0.330 e. The van der Waals surface area contributed by atoms with E-state index in [0.29, 0.717) is 11.3 Å². The molecule has 21 heavy (non-hydrogen) atoms. The Morgan fingerprint density at radius 2 is 2.19 bits per heavy atom. The number of anilines is 1. The van der Waals surface area contributed by atoms with Crippen molar-refractivity contribution in [3.63, 3.8) is 0 Å². The van der Waals surface area contributed by atoms with Gasteiger partial charge in [0.2, 0.25) is 0 Å². The van der Waals surface area contributed by atoms with Gasteiger partial charge in [-0.15, -0.1) is 0 Å². The van der Waals surface area contributed by atoms with Crippen LogP contribution in [0, 0.1) is 0 Å². The summed E-state index contributed by atoms with van der Waals surface area (Å²) in [6.07, 6.45) is 4.54. The number of rotatable bonds is 5. The van der Waals surface area contributed by atoms with Gasteiger partial charge in [-0.25, -0.2) is 4.79 Å². The SMILES string of the molecule is CNC(=O)c1cc(NC(C(=O)O)c2cnn(C)c2)ccn1. The zero-order valence-corrected chi connectivity index (χ0v) is 11.6. The second-order valence-corrected chi connectivity index (χ2v) is 4.37. The quantitative estimate of drug-likeness (QED) is 0.735. The van der Waals surface area contributed by atoms with Crippen molar-refractivity contribution in [2.75, 3.05) is 12.4 Å². The Morgan fingerprint density at radius 3 is 2.76 bits per heavy atom. The van der Waals surface area contributed by atoms with Gasteiger partial charge in [0.1, 0.15) is 5.69 Å². The summed E-state index contributed by atoms with van der Waals surface area (Å²) in [4.78, 5) is 26.8. The van der Waals surface area contributed by atoms with Crippen molar-refractivity contribution in [3.8, 4) is 0 Å². The fourth-order valence-corrected chi connectivity index (χ4v) is 1.82. The van der Waals surface area contributed by atoms with E-state index in [1.54, 1.807) is 19.3 Å². The highest BCUT2D eigenvalue weighted by Crippen LogP contribution is 2.19. The third-order valence-corrected chi connectivity index (χ3v) is 2.84. The third kappa shape index (κ3) is 3.35. The lowest BCUT2D eigenvalue weighted by molar-refractivity contribution is -0.138.